The summed E-state index contributed by atoms with van der Waals surface area (Å²) < 4.78 is 13.5. The molecular formula is C16H25FIN3. The van der Waals surface area contributed by atoms with Crippen molar-refractivity contribution in [2.75, 3.05) is 20.6 Å². The van der Waals surface area contributed by atoms with Crippen molar-refractivity contribution in [3.63, 3.8) is 0 Å². The van der Waals surface area contributed by atoms with Gasteiger partial charge in [-0.25, -0.2) is 4.39 Å². The zero-order chi connectivity index (χ0) is 15.0. The fraction of sp³-hybridized carbons (Fsp3) is 0.438. The van der Waals surface area contributed by atoms with Gasteiger partial charge in [0.25, 0.3) is 0 Å². The summed E-state index contributed by atoms with van der Waals surface area (Å²) in [5.74, 6) is 0.647. The molecule has 0 aromatic heterocycles. The van der Waals surface area contributed by atoms with Crippen LogP contribution in [0.1, 0.15) is 24.0 Å². The zero-order valence-corrected chi connectivity index (χ0v) is 15.4. The Bertz CT molecular complexity index is 475. The summed E-state index contributed by atoms with van der Waals surface area (Å²) in [4.78, 5) is 6.30. The number of unbranched alkanes of at least 4 members (excludes halogenated alkanes) is 1. The van der Waals surface area contributed by atoms with Crippen molar-refractivity contribution in [2.24, 2.45) is 4.99 Å². The molecule has 0 radical (unpaired) electrons. The van der Waals surface area contributed by atoms with Crippen LogP contribution >= 0.6 is 24.0 Å². The summed E-state index contributed by atoms with van der Waals surface area (Å²) in [5, 5.41) is 3.24. The number of allylic oxidation sites excluding steroid dienone is 1. The Balaban J connectivity index is 0.00000400. The first-order valence-electron chi connectivity index (χ1n) is 6.86. The number of nitrogens with one attached hydrogen (secondary N) is 1. The van der Waals surface area contributed by atoms with Gasteiger partial charge in [-0.1, -0.05) is 18.2 Å². The smallest absolute Gasteiger partial charge is 0.193 e. The largest absolute Gasteiger partial charge is 0.352 e. The van der Waals surface area contributed by atoms with E-state index >= 15 is 0 Å². The standard InChI is InChI=1S/C16H24FN3.HI/c1-5-6-7-10-20(4)16(18-3)19-12-14-9-8-13(2)15(17)11-14;/h5,8-9,11H,1,6-7,10,12H2,2-4H3,(H,18,19);1H. The van der Waals surface area contributed by atoms with E-state index in [4.69, 9.17) is 0 Å². The Morgan fingerprint density at radius 2 is 2.19 bits per heavy atom. The Hall–Kier alpha value is -1.11. The molecule has 0 unspecified atom stereocenters. The molecule has 0 atom stereocenters. The van der Waals surface area contributed by atoms with Gasteiger partial charge in [0.1, 0.15) is 5.82 Å². The highest BCUT2D eigenvalue weighted by molar-refractivity contribution is 14.0. The first kappa shape index (κ1) is 19.9. The molecule has 0 spiro atoms. The Morgan fingerprint density at radius 3 is 2.76 bits per heavy atom. The van der Waals surface area contributed by atoms with E-state index in [1.807, 2.05) is 19.2 Å². The van der Waals surface area contributed by atoms with Crippen molar-refractivity contribution in [1.82, 2.24) is 10.2 Å². The highest BCUT2D eigenvalue weighted by Crippen LogP contribution is 2.09. The highest BCUT2D eigenvalue weighted by atomic mass is 127. The molecule has 1 N–H and O–H groups in total. The molecule has 0 amide bonds. The second-order valence-corrected chi connectivity index (χ2v) is 4.84. The molecular weight excluding hydrogens is 380 g/mol. The molecule has 0 aliphatic rings. The van der Waals surface area contributed by atoms with Crippen LogP contribution in [-0.4, -0.2) is 31.5 Å². The zero-order valence-electron chi connectivity index (χ0n) is 13.0. The lowest BCUT2D eigenvalue weighted by Crippen LogP contribution is -2.38. The highest BCUT2D eigenvalue weighted by Gasteiger charge is 2.05. The quantitative estimate of drug-likeness (QED) is 0.257. The number of aliphatic imine (C=N–C) groups is 1. The van der Waals surface area contributed by atoms with Crippen LogP contribution in [0.3, 0.4) is 0 Å². The molecule has 118 valence electrons. The van der Waals surface area contributed by atoms with Crippen LogP contribution in [0.5, 0.6) is 0 Å². The molecule has 1 aromatic carbocycles. The van der Waals surface area contributed by atoms with Crippen molar-refractivity contribution in [3.05, 3.63) is 47.8 Å². The Kier molecular flexibility index (Phi) is 10.0. The number of nitrogens with zero attached hydrogens (tertiary/aromatic N) is 2. The molecule has 0 saturated carbocycles. The second kappa shape index (κ2) is 10.6. The number of aryl methyl sites for hydroxylation is 1. The molecule has 0 bridgehead atoms. The predicted octanol–water partition coefficient (Wildman–Crippen LogP) is 3.73. The average Bonchev–Trinajstić information content (AvgIpc) is 2.43. The molecule has 0 heterocycles. The van der Waals surface area contributed by atoms with Crippen molar-refractivity contribution >= 4 is 29.9 Å². The Morgan fingerprint density at radius 1 is 1.48 bits per heavy atom. The van der Waals surface area contributed by atoms with Crippen molar-refractivity contribution in [1.29, 1.82) is 0 Å². The van der Waals surface area contributed by atoms with E-state index in [1.165, 1.54) is 0 Å². The van der Waals surface area contributed by atoms with Gasteiger partial charge in [0.15, 0.2) is 5.96 Å². The molecule has 0 saturated heterocycles. The van der Waals surface area contributed by atoms with E-state index in [9.17, 15) is 4.39 Å². The van der Waals surface area contributed by atoms with Crippen LogP contribution in [-0.2, 0) is 6.54 Å². The minimum absolute atomic E-state index is 0. The maximum atomic E-state index is 13.5. The topological polar surface area (TPSA) is 27.6 Å². The third-order valence-electron chi connectivity index (χ3n) is 3.16. The van der Waals surface area contributed by atoms with Crippen molar-refractivity contribution in [3.8, 4) is 0 Å². The third-order valence-corrected chi connectivity index (χ3v) is 3.16. The molecule has 0 aliphatic heterocycles. The summed E-state index contributed by atoms with van der Waals surface area (Å²) in [5.41, 5.74) is 1.58. The van der Waals surface area contributed by atoms with Gasteiger partial charge in [-0.05, 0) is 37.0 Å². The van der Waals surface area contributed by atoms with Gasteiger partial charge < -0.3 is 10.2 Å². The lowest BCUT2D eigenvalue weighted by Gasteiger charge is -2.22. The number of hydrogen-bond acceptors (Lipinski definition) is 1. The summed E-state index contributed by atoms with van der Waals surface area (Å²) >= 11 is 0. The molecule has 0 aliphatic carbocycles. The van der Waals surface area contributed by atoms with E-state index in [-0.39, 0.29) is 29.8 Å². The van der Waals surface area contributed by atoms with E-state index in [0.717, 1.165) is 30.9 Å². The maximum Gasteiger partial charge on any atom is 0.193 e. The van der Waals surface area contributed by atoms with Crippen LogP contribution in [0.25, 0.3) is 0 Å². The lowest BCUT2D eigenvalue weighted by molar-refractivity contribution is 0.469. The average molecular weight is 405 g/mol. The molecule has 1 rings (SSSR count). The summed E-state index contributed by atoms with van der Waals surface area (Å²) in [6, 6.07) is 5.28. The number of hydrogen-bond donors (Lipinski definition) is 1. The maximum absolute atomic E-state index is 13.5. The fourth-order valence-electron chi connectivity index (χ4n) is 1.89. The SMILES string of the molecule is C=CCCCN(C)C(=NC)NCc1ccc(C)c(F)c1.I. The number of guanidine groups is 1. The molecule has 3 nitrogen and oxygen atoms in total. The van der Waals surface area contributed by atoms with Gasteiger partial charge in [0.2, 0.25) is 0 Å². The Labute approximate surface area is 144 Å². The predicted molar refractivity (Wildman–Crippen MR) is 98.8 cm³/mol. The van der Waals surface area contributed by atoms with Crippen LogP contribution in [0, 0.1) is 12.7 Å². The fourth-order valence-corrected chi connectivity index (χ4v) is 1.89. The van der Waals surface area contributed by atoms with Crippen molar-refractivity contribution < 1.29 is 4.39 Å². The van der Waals surface area contributed by atoms with Crippen LogP contribution in [0.15, 0.2) is 35.8 Å². The van der Waals surface area contributed by atoms with Crippen molar-refractivity contribution in [2.45, 2.75) is 26.3 Å². The van der Waals surface area contributed by atoms with Crippen LogP contribution in [0.2, 0.25) is 0 Å². The van der Waals surface area contributed by atoms with Crippen LogP contribution in [0.4, 0.5) is 4.39 Å². The first-order chi connectivity index (χ1) is 9.58. The van der Waals surface area contributed by atoms with E-state index < -0.39 is 0 Å². The van der Waals surface area contributed by atoms with Gasteiger partial charge >= 0.3 is 0 Å². The minimum Gasteiger partial charge on any atom is -0.352 e. The van der Waals surface area contributed by atoms with E-state index in [1.54, 1.807) is 26.1 Å². The van der Waals surface area contributed by atoms with E-state index in [2.05, 4.69) is 21.8 Å². The summed E-state index contributed by atoms with van der Waals surface area (Å²) in [6.45, 7) is 6.95. The molecule has 1 aromatic rings. The number of halogens is 2. The second-order valence-electron chi connectivity index (χ2n) is 4.84. The number of rotatable bonds is 6. The molecule has 0 fully saturated rings. The minimum atomic E-state index is -0.168. The van der Waals surface area contributed by atoms with Gasteiger partial charge in [-0.3, -0.25) is 4.99 Å². The first-order valence-corrected chi connectivity index (χ1v) is 6.86. The van der Waals surface area contributed by atoms with Gasteiger partial charge in [-0.2, -0.15) is 0 Å². The normalized spacial score (nSPS) is 10.8. The van der Waals surface area contributed by atoms with Gasteiger partial charge in [0.05, 0.1) is 0 Å². The van der Waals surface area contributed by atoms with Gasteiger partial charge in [-0.15, -0.1) is 30.6 Å². The monoisotopic (exact) mass is 405 g/mol. The van der Waals surface area contributed by atoms with Gasteiger partial charge in [0, 0.05) is 27.2 Å². The third kappa shape index (κ3) is 6.93. The molecule has 5 heteroatoms. The summed E-state index contributed by atoms with van der Waals surface area (Å²) in [6.07, 6.45) is 3.95. The van der Waals surface area contributed by atoms with Crippen LogP contribution < -0.4 is 5.32 Å². The summed E-state index contributed by atoms with van der Waals surface area (Å²) in [7, 11) is 3.75. The number of benzene rings is 1. The molecule has 21 heavy (non-hydrogen) atoms. The van der Waals surface area contributed by atoms with E-state index in [0.29, 0.717) is 12.1 Å². The lowest BCUT2D eigenvalue weighted by atomic mass is 10.1.